The minimum absolute atomic E-state index is 0.192. The second-order valence-electron chi connectivity index (χ2n) is 7.08. The number of amides is 1. The van der Waals surface area contributed by atoms with E-state index in [1.807, 2.05) is 24.3 Å². The molecular formula is C26H21NO4S. The molecule has 4 aromatic rings. The van der Waals surface area contributed by atoms with Crippen LogP contribution in [0.3, 0.4) is 0 Å². The molecule has 0 aliphatic rings. The van der Waals surface area contributed by atoms with Gasteiger partial charge in [0.1, 0.15) is 11.5 Å². The standard InChI is InChI=1S/C26H21NO4S/c1-30-22-15-23(31-2)20(25-14-19-5-3-4-6-24(19)32-25)13-18(22)11-12-21(28)16-7-9-17(10-8-16)26(27)29/h3-15H,1-2H3,(H2,27,29)/b12-11+. The van der Waals surface area contributed by atoms with Crippen molar-refractivity contribution in [1.82, 2.24) is 0 Å². The highest BCUT2D eigenvalue weighted by Crippen LogP contribution is 2.41. The molecule has 1 aromatic heterocycles. The zero-order valence-electron chi connectivity index (χ0n) is 17.6. The number of carbonyl (C=O) groups excluding carboxylic acids is 2. The molecule has 0 aliphatic carbocycles. The van der Waals surface area contributed by atoms with Crippen molar-refractivity contribution in [2.24, 2.45) is 5.73 Å². The molecule has 32 heavy (non-hydrogen) atoms. The SMILES string of the molecule is COc1cc(OC)c(-c2cc3ccccc3s2)cc1/C=C/C(=O)c1ccc(C(N)=O)cc1. The van der Waals surface area contributed by atoms with Gasteiger partial charge in [0.2, 0.25) is 5.91 Å². The van der Waals surface area contributed by atoms with Gasteiger partial charge in [-0.15, -0.1) is 11.3 Å². The molecule has 0 unspecified atom stereocenters. The Morgan fingerprint density at radius 1 is 0.875 bits per heavy atom. The Morgan fingerprint density at radius 3 is 2.22 bits per heavy atom. The molecule has 0 aliphatic heterocycles. The van der Waals surface area contributed by atoms with Gasteiger partial charge >= 0.3 is 0 Å². The summed E-state index contributed by atoms with van der Waals surface area (Å²) < 4.78 is 12.3. The molecule has 1 amide bonds. The maximum Gasteiger partial charge on any atom is 0.248 e. The van der Waals surface area contributed by atoms with Gasteiger partial charge in [-0.3, -0.25) is 9.59 Å². The lowest BCUT2D eigenvalue weighted by molar-refractivity contribution is 0.0997. The second-order valence-corrected chi connectivity index (χ2v) is 8.17. The Labute approximate surface area is 189 Å². The third-order valence-corrected chi connectivity index (χ3v) is 6.26. The van der Waals surface area contributed by atoms with E-state index < -0.39 is 5.91 Å². The predicted molar refractivity (Wildman–Crippen MR) is 129 cm³/mol. The molecule has 6 heteroatoms. The van der Waals surface area contributed by atoms with E-state index in [0.717, 1.165) is 21.4 Å². The molecule has 0 bridgehead atoms. The lowest BCUT2D eigenvalue weighted by atomic mass is 10.0. The van der Waals surface area contributed by atoms with Crippen molar-refractivity contribution in [3.63, 3.8) is 0 Å². The van der Waals surface area contributed by atoms with Crippen molar-refractivity contribution in [3.8, 4) is 21.9 Å². The lowest BCUT2D eigenvalue weighted by Crippen LogP contribution is -2.10. The van der Waals surface area contributed by atoms with Crippen LogP contribution in [0.15, 0.2) is 72.8 Å². The monoisotopic (exact) mass is 443 g/mol. The average molecular weight is 444 g/mol. The highest BCUT2D eigenvalue weighted by Gasteiger charge is 2.14. The van der Waals surface area contributed by atoms with Gasteiger partial charge in [-0.05, 0) is 47.9 Å². The summed E-state index contributed by atoms with van der Waals surface area (Å²) in [6.45, 7) is 0. The first-order valence-corrected chi connectivity index (χ1v) is 10.7. The van der Waals surface area contributed by atoms with E-state index in [4.69, 9.17) is 15.2 Å². The van der Waals surface area contributed by atoms with Crippen molar-refractivity contribution in [2.75, 3.05) is 14.2 Å². The molecule has 160 valence electrons. The van der Waals surface area contributed by atoms with Gasteiger partial charge in [0.05, 0.1) is 14.2 Å². The molecule has 0 radical (unpaired) electrons. The molecular weight excluding hydrogens is 422 g/mol. The molecule has 5 nitrogen and oxygen atoms in total. The zero-order chi connectivity index (χ0) is 22.7. The number of carbonyl (C=O) groups is 2. The first-order chi connectivity index (χ1) is 15.5. The van der Waals surface area contributed by atoms with E-state index in [2.05, 4.69) is 18.2 Å². The maximum absolute atomic E-state index is 12.6. The van der Waals surface area contributed by atoms with Gasteiger partial charge in [0.15, 0.2) is 5.78 Å². The zero-order valence-corrected chi connectivity index (χ0v) is 18.4. The first kappa shape index (κ1) is 21.3. The summed E-state index contributed by atoms with van der Waals surface area (Å²) in [5.74, 6) is 0.567. The third kappa shape index (κ3) is 4.26. The van der Waals surface area contributed by atoms with E-state index in [1.165, 1.54) is 22.9 Å². The molecule has 2 N–H and O–H groups in total. The van der Waals surface area contributed by atoms with E-state index in [-0.39, 0.29) is 5.78 Å². The molecule has 0 saturated heterocycles. The van der Waals surface area contributed by atoms with Gasteiger partial charge in [-0.1, -0.05) is 30.3 Å². The Hall–Kier alpha value is -3.90. The van der Waals surface area contributed by atoms with Crippen LogP contribution in [-0.2, 0) is 0 Å². The molecule has 4 rings (SSSR count). The highest BCUT2D eigenvalue weighted by atomic mass is 32.1. The number of allylic oxidation sites excluding steroid dienone is 1. The van der Waals surface area contributed by atoms with Crippen LogP contribution in [0.4, 0.5) is 0 Å². The van der Waals surface area contributed by atoms with Crippen LogP contribution in [0, 0.1) is 0 Å². The number of rotatable bonds is 7. The normalized spacial score (nSPS) is 11.1. The van der Waals surface area contributed by atoms with Crippen molar-refractivity contribution in [2.45, 2.75) is 0 Å². The minimum atomic E-state index is -0.531. The summed E-state index contributed by atoms with van der Waals surface area (Å²) in [6, 6.07) is 20.4. The number of fused-ring (bicyclic) bond motifs is 1. The van der Waals surface area contributed by atoms with E-state index >= 15 is 0 Å². The number of hydrogen-bond acceptors (Lipinski definition) is 5. The summed E-state index contributed by atoms with van der Waals surface area (Å²) >= 11 is 1.68. The topological polar surface area (TPSA) is 78.6 Å². The van der Waals surface area contributed by atoms with Crippen LogP contribution in [0.25, 0.3) is 26.6 Å². The molecule has 3 aromatic carbocycles. The van der Waals surface area contributed by atoms with Crippen molar-refractivity contribution < 1.29 is 19.1 Å². The number of thiophene rings is 1. The Kier molecular flexibility index (Phi) is 6.05. The number of primary amides is 1. The number of ether oxygens (including phenoxy) is 2. The Balaban J connectivity index is 1.70. The fourth-order valence-electron chi connectivity index (χ4n) is 3.42. The summed E-state index contributed by atoms with van der Waals surface area (Å²) in [7, 11) is 3.20. The van der Waals surface area contributed by atoms with Crippen LogP contribution in [0.2, 0.25) is 0 Å². The Morgan fingerprint density at radius 2 is 1.56 bits per heavy atom. The van der Waals surface area contributed by atoms with Crippen LogP contribution < -0.4 is 15.2 Å². The Bertz CT molecular complexity index is 1300. The van der Waals surface area contributed by atoms with E-state index in [9.17, 15) is 9.59 Å². The molecule has 0 spiro atoms. The number of methoxy groups -OCH3 is 2. The van der Waals surface area contributed by atoms with E-state index in [1.54, 1.807) is 43.8 Å². The quantitative estimate of drug-likeness (QED) is 0.299. The summed E-state index contributed by atoms with van der Waals surface area (Å²) in [4.78, 5) is 24.9. The summed E-state index contributed by atoms with van der Waals surface area (Å²) in [5.41, 5.74) is 7.75. The minimum Gasteiger partial charge on any atom is -0.496 e. The van der Waals surface area contributed by atoms with Crippen molar-refractivity contribution in [1.29, 1.82) is 0 Å². The smallest absolute Gasteiger partial charge is 0.248 e. The average Bonchev–Trinajstić information content (AvgIpc) is 3.26. The molecule has 0 saturated carbocycles. The van der Waals surface area contributed by atoms with Crippen LogP contribution in [0.1, 0.15) is 26.3 Å². The fraction of sp³-hybridized carbons (Fsp3) is 0.0769. The maximum atomic E-state index is 12.6. The summed E-state index contributed by atoms with van der Waals surface area (Å²) in [5, 5.41) is 1.16. The number of benzene rings is 3. The second kappa shape index (κ2) is 9.08. The number of ketones is 1. The number of hydrogen-bond donors (Lipinski definition) is 1. The molecule has 0 fully saturated rings. The first-order valence-electron chi connectivity index (χ1n) is 9.87. The predicted octanol–water partition coefficient (Wildman–Crippen LogP) is 5.58. The number of nitrogens with two attached hydrogens (primary N) is 1. The molecule has 0 atom stereocenters. The van der Waals surface area contributed by atoms with Crippen molar-refractivity contribution >= 4 is 39.2 Å². The lowest BCUT2D eigenvalue weighted by Gasteiger charge is -2.12. The van der Waals surface area contributed by atoms with Gasteiger partial charge in [-0.25, -0.2) is 0 Å². The van der Waals surface area contributed by atoms with Gasteiger partial charge in [-0.2, -0.15) is 0 Å². The van der Waals surface area contributed by atoms with Gasteiger partial charge in [0, 0.05) is 37.9 Å². The largest absolute Gasteiger partial charge is 0.496 e. The van der Waals surface area contributed by atoms with Crippen LogP contribution in [0.5, 0.6) is 11.5 Å². The van der Waals surface area contributed by atoms with Crippen molar-refractivity contribution in [3.05, 3.63) is 89.5 Å². The highest BCUT2D eigenvalue weighted by molar-refractivity contribution is 7.22. The van der Waals surface area contributed by atoms with Gasteiger partial charge in [0.25, 0.3) is 0 Å². The third-order valence-electron chi connectivity index (χ3n) is 5.11. The van der Waals surface area contributed by atoms with Crippen LogP contribution in [-0.4, -0.2) is 25.9 Å². The summed E-state index contributed by atoms with van der Waals surface area (Å²) in [6.07, 6.45) is 3.21. The molecule has 1 heterocycles. The van der Waals surface area contributed by atoms with Gasteiger partial charge < -0.3 is 15.2 Å². The fourth-order valence-corrected chi connectivity index (χ4v) is 4.51. The van der Waals surface area contributed by atoms with E-state index in [0.29, 0.717) is 22.6 Å². The van der Waals surface area contributed by atoms with Crippen LogP contribution >= 0.6 is 11.3 Å².